The molecule has 1 aromatic rings. The summed E-state index contributed by atoms with van der Waals surface area (Å²) in [6.45, 7) is 3.32. The molecule has 0 atom stereocenters. The summed E-state index contributed by atoms with van der Waals surface area (Å²) in [7, 11) is 0. The monoisotopic (exact) mass is 334 g/mol. The van der Waals surface area contributed by atoms with Crippen LogP contribution in [0.1, 0.15) is 11.4 Å². The van der Waals surface area contributed by atoms with Crippen LogP contribution >= 0.6 is 22.6 Å². The molecule has 0 bridgehead atoms. The summed E-state index contributed by atoms with van der Waals surface area (Å²) in [5.74, 6) is 0. The van der Waals surface area contributed by atoms with Crippen molar-refractivity contribution in [1.82, 2.24) is 9.78 Å². The van der Waals surface area contributed by atoms with E-state index in [2.05, 4.69) is 32.4 Å². The zero-order valence-electron chi connectivity index (χ0n) is 8.23. The number of rotatable bonds is 3. The maximum absolute atomic E-state index is 11.7. The first-order chi connectivity index (χ1) is 6.81. The third-order valence-corrected chi connectivity index (χ3v) is 3.42. The molecular formula is C8H10F3IN2O. The van der Waals surface area contributed by atoms with Crippen molar-refractivity contribution in [3.8, 4) is 0 Å². The van der Waals surface area contributed by atoms with Crippen LogP contribution < -0.4 is 0 Å². The van der Waals surface area contributed by atoms with Crippen LogP contribution in [0.5, 0.6) is 0 Å². The lowest BCUT2D eigenvalue weighted by Gasteiger charge is -2.08. The molecule has 1 aromatic heterocycles. The van der Waals surface area contributed by atoms with Gasteiger partial charge in [-0.25, -0.2) is 0 Å². The van der Waals surface area contributed by atoms with E-state index in [9.17, 15) is 13.2 Å². The highest BCUT2D eigenvalue weighted by Gasteiger charge is 2.28. The Hall–Kier alpha value is -0.310. The molecule has 0 aromatic carbocycles. The molecule has 1 rings (SSSR count). The van der Waals surface area contributed by atoms with Gasteiger partial charge in [0.2, 0.25) is 0 Å². The second kappa shape index (κ2) is 4.69. The van der Waals surface area contributed by atoms with Gasteiger partial charge in [0.15, 0.2) is 0 Å². The van der Waals surface area contributed by atoms with Crippen LogP contribution in [-0.2, 0) is 11.3 Å². The zero-order valence-corrected chi connectivity index (χ0v) is 10.4. The van der Waals surface area contributed by atoms with Gasteiger partial charge in [0, 0.05) is 5.69 Å². The van der Waals surface area contributed by atoms with E-state index in [0.717, 1.165) is 15.0 Å². The highest BCUT2D eigenvalue weighted by molar-refractivity contribution is 14.1. The summed E-state index contributed by atoms with van der Waals surface area (Å²) in [5.41, 5.74) is 1.68. The first-order valence-corrected chi connectivity index (χ1v) is 5.29. The van der Waals surface area contributed by atoms with Crippen LogP contribution in [0.25, 0.3) is 0 Å². The fourth-order valence-electron chi connectivity index (χ4n) is 1.14. The average molecular weight is 334 g/mol. The summed E-state index contributed by atoms with van der Waals surface area (Å²) < 4.78 is 41.2. The van der Waals surface area contributed by atoms with Gasteiger partial charge in [-0.1, -0.05) is 0 Å². The Morgan fingerprint density at radius 2 is 2.00 bits per heavy atom. The summed E-state index contributed by atoms with van der Waals surface area (Å²) in [5, 5.41) is 4.09. The van der Waals surface area contributed by atoms with Crippen LogP contribution in [0.15, 0.2) is 0 Å². The van der Waals surface area contributed by atoms with E-state index in [1.165, 1.54) is 4.68 Å². The summed E-state index contributed by atoms with van der Waals surface area (Å²) >= 11 is 2.11. The number of hydrogen-bond acceptors (Lipinski definition) is 2. The third kappa shape index (κ3) is 3.63. The maximum atomic E-state index is 11.7. The summed E-state index contributed by atoms with van der Waals surface area (Å²) in [6, 6.07) is 0. The van der Waals surface area contributed by atoms with Crippen molar-refractivity contribution in [3.05, 3.63) is 15.0 Å². The lowest BCUT2D eigenvalue weighted by molar-refractivity contribution is -0.325. The second-order valence-corrected chi connectivity index (χ2v) is 4.08. The van der Waals surface area contributed by atoms with Crippen molar-refractivity contribution in [1.29, 1.82) is 0 Å². The van der Waals surface area contributed by atoms with Gasteiger partial charge in [0.25, 0.3) is 0 Å². The number of hydrogen-bond donors (Lipinski definition) is 0. The van der Waals surface area contributed by atoms with E-state index in [-0.39, 0.29) is 6.54 Å². The Morgan fingerprint density at radius 3 is 2.40 bits per heavy atom. The van der Waals surface area contributed by atoms with Gasteiger partial charge >= 0.3 is 6.36 Å². The van der Waals surface area contributed by atoms with Gasteiger partial charge in [0.05, 0.1) is 22.4 Å². The number of halogens is 4. The molecule has 0 amide bonds. The van der Waals surface area contributed by atoms with Crippen LogP contribution in [0, 0.1) is 17.4 Å². The fraction of sp³-hybridized carbons (Fsp3) is 0.625. The van der Waals surface area contributed by atoms with Crippen LogP contribution in [0.3, 0.4) is 0 Å². The molecular weight excluding hydrogens is 324 g/mol. The topological polar surface area (TPSA) is 27.1 Å². The normalized spacial score (nSPS) is 12.1. The molecule has 0 saturated heterocycles. The standard InChI is InChI=1S/C8H10F3IN2O/c1-5-7(12)6(2)14(13-5)3-4-15-8(9,10)11/h3-4H2,1-2H3. The molecule has 7 heteroatoms. The molecule has 0 unspecified atom stereocenters. The SMILES string of the molecule is Cc1nn(CCOC(F)(F)F)c(C)c1I. The predicted molar refractivity (Wildman–Crippen MR) is 56.4 cm³/mol. The van der Waals surface area contributed by atoms with Crippen LogP contribution in [0.4, 0.5) is 13.2 Å². The highest BCUT2D eigenvalue weighted by atomic mass is 127. The molecule has 0 aliphatic heterocycles. The molecule has 0 aliphatic rings. The highest BCUT2D eigenvalue weighted by Crippen LogP contribution is 2.17. The van der Waals surface area contributed by atoms with Gasteiger partial charge < -0.3 is 0 Å². The largest absolute Gasteiger partial charge is 0.522 e. The smallest absolute Gasteiger partial charge is 0.290 e. The molecule has 3 nitrogen and oxygen atoms in total. The number of alkyl halides is 3. The first kappa shape index (κ1) is 12.8. The van der Waals surface area contributed by atoms with Gasteiger partial charge in [0.1, 0.15) is 0 Å². The zero-order chi connectivity index (χ0) is 11.6. The summed E-state index contributed by atoms with van der Waals surface area (Å²) in [4.78, 5) is 0. The number of aryl methyl sites for hydroxylation is 1. The van der Waals surface area contributed by atoms with E-state index in [0.29, 0.717) is 0 Å². The third-order valence-electron chi connectivity index (χ3n) is 1.86. The van der Waals surface area contributed by atoms with Gasteiger partial charge in [-0.2, -0.15) is 5.10 Å². The molecule has 0 fully saturated rings. The van der Waals surface area contributed by atoms with Crippen LogP contribution in [-0.4, -0.2) is 22.7 Å². The van der Waals surface area contributed by atoms with E-state index in [1.807, 2.05) is 13.8 Å². The van der Waals surface area contributed by atoms with Gasteiger partial charge in [-0.15, -0.1) is 13.2 Å². The lowest BCUT2D eigenvalue weighted by atomic mass is 10.4. The Labute approximate surface area is 98.7 Å². The van der Waals surface area contributed by atoms with Gasteiger partial charge in [-0.3, -0.25) is 9.42 Å². The molecule has 0 radical (unpaired) electrons. The molecule has 15 heavy (non-hydrogen) atoms. The summed E-state index contributed by atoms with van der Waals surface area (Å²) in [6.07, 6.45) is -4.57. The number of aromatic nitrogens is 2. The minimum Gasteiger partial charge on any atom is -0.290 e. The van der Waals surface area contributed by atoms with E-state index in [1.54, 1.807) is 0 Å². The predicted octanol–water partition coefficient (Wildman–Crippen LogP) is 2.64. The number of ether oxygens (including phenoxy) is 1. The van der Waals surface area contributed by atoms with Crippen molar-refractivity contribution >= 4 is 22.6 Å². The Balaban J connectivity index is 2.55. The average Bonchev–Trinajstić information content (AvgIpc) is 2.32. The molecule has 1 heterocycles. The molecule has 86 valence electrons. The van der Waals surface area contributed by atoms with Crippen molar-refractivity contribution in [2.24, 2.45) is 0 Å². The molecule has 0 N–H and O–H groups in total. The fourth-order valence-corrected chi connectivity index (χ4v) is 1.53. The maximum Gasteiger partial charge on any atom is 0.522 e. The van der Waals surface area contributed by atoms with Crippen molar-refractivity contribution in [2.75, 3.05) is 6.61 Å². The first-order valence-electron chi connectivity index (χ1n) is 4.21. The van der Waals surface area contributed by atoms with Crippen molar-refractivity contribution in [2.45, 2.75) is 26.8 Å². The quantitative estimate of drug-likeness (QED) is 0.795. The Bertz CT molecular complexity index is 348. The number of nitrogens with zero attached hydrogens (tertiary/aromatic N) is 2. The Morgan fingerprint density at radius 1 is 1.40 bits per heavy atom. The molecule has 0 spiro atoms. The minimum atomic E-state index is -4.57. The van der Waals surface area contributed by atoms with Crippen molar-refractivity contribution in [3.63, 3.8) is 0 Å². The van der Waals surface area contributed by atoms with Crippen molar-refractivity contribution < 1.29 is 17.9 Å². The van der Waals surface area contributed by atoms with E-state index in [4.69, 9.17) is 0 Å². The van der Waals surface area contributed by atoms with Crippen LogP contribution in [0.2, 0.25) is 0 Å². The second-order valence-electron chi connectivity index (χ2n) is 3.00. The molecule has 0 aliphatic carbocycles. The minimum absolute atomic E-state index is 0.106. The van der Waals surface area contributed by atoms with E-state index < -0.39 is 13.0 Å². The lowest BCUT2D eigenvalue weighted by Crippen LogP contribution is -2.18. The van der Waals surface area contributed by atoms with E-state index >= 15 is 0 Å². The Kier molecular flexibility index (Phi) is 3.99. The molecule has 0 saturated carbocycles. The van der Waals surface area contributed by atoms with Gasteiger partial charge in [-0.05, 0) is 36.4 Å².